The van der Waals surface area contributed by atoms with Crippen LogP contribution in [0.4, 0.5) is 8.78 Å². The number of hydrogen-bond donors (Lipinski definition) is 1. The number of rotatable bonds is 6. The molecule has 0 bridgehead atoms. The van der Waals surface area contributed by atoms with Gasteiger partial charge in [0.15, 0.2) is 5.82 Å². The summed E-state index contributed by atoms with van der Waals surface area (Å²) in [6, 6.07) is 5.66. The number of hydrogen-bond acceptors (Lipinski definition) is 8. The SMILES string of the molecule is Cc1cnc(-c2ccnc(C3(C)CCNC3=C=O)n2)cc1-n1c(C)cc(OCc2ncc(F)cc2F)c(Cl)c1=O. The minimum Gasteiger partial charge on any atom is -0.485 e. The highest BCUT2D eigenvalue weighted by atomic mass is 35.5. The number of aryl methyl sites for hydroxylation is 2. The minimum atomic E-state index is -0.870. The molecule has 0 saturated carbocycles. The van der Waals surface area contributed by atoms with Crippen molar-refractivity contribution in [1.82, 2.24) is 29.8 Å². The highest BCUT2D eigenvalue weighted by molar-refractivity contribution is 6.31. The van der Waals surface area contributed by atoms with Gasteiger partial charge < -0.3 is 10.1 Å². The first-order valence-electron chi connectivity index (χ1n) is 12.3. The van der Waals surface area contributed by atoms with E-state index < -0.39 is 22.6 Å². The summed E-state index contributed by atoms with van der Waals surface area (Å²) in [5, 5.41) is 2.82. The molecule has 1 atom stereocenters. The third-order valence-corrected chi connectivity index (χ3v) is 7.20. The van der Waals surface area contributed by atoms with Crippen LogP contribution in [-0.2, 0) is 16.8 Å². The van der Waals surface area contributed by atoms with Gasteiger partial charge in [-0.3, -0.25) is 19.3 Å². The lowest BCUT2D eigenvalue weighted by molar-refractivity contribution is 0.292. The molecule has 1 fully saturated rings. The van der Waals surface area contributed by atoms with E-state index in [-0.39, 0.29) is 23.1 Å². The van der Waals surface area contributed by atoms with Crippen LogP contribution in [0.25, 0.3) is 17.1 Å². The lowest BCUT2D eigenvalue weighted by atomic mass is 9.86. The number of aromatic nitrogens is 5. The van der Waals surface area contributed by atoms with Crippen LogP contribution >= 0.6 is 11.6 Å². The first-order valence-corrected chi connectivity index (χ1v) is 12.7. The molecule has 9 nitrogen and oxygen atoms in total. The first kappa shape index (κ1) is 27.1. The van der Waals surface area contributed by atoms with Gasteiger partial charge in [-0.2, -0.15) is 0 Å². The predicted molar refractivity (Wildman–Crippen MR) is 143 cm³/mol. The minimum absolute atomic E-state index is 0.0378. The second kappa shape index (κ2) is 10.6. The largest absolute Gasteiger partial charge is 0.485 e. The van der Waals surface area contributed by atoms with Crippen molar-refractivity contribution in [2.75, 3.05) is 6.54 Å². The third-order valence-electron chi connectivity index (χ3n) is 6.86. The van der Waals surface area contributed by atoms with Gasteiger partial charge >= 0.3 is 0 Å². The smallest absolute Gasteiger partial charge is 0.277 e. The summed E-state index contributed by atoms with van der Waals surface area (Å²) >= 11 is 6.39. The van der Waals surface area contributed by atoms with Crippen LogP contribution in [0.2, 0.25) is 5.02 Å². The van der Waals surface area contributed by atoms with Crippen LogP contribution in [0.15, 0.2) is 53.3 Å². The summed E-state index contributed by atoms with van der Waals surface area (Å²) in [6.45, 7) is 5.65. The number of carbonyl (C=O) groups excluding carboxylic acids is 1. The van der Waals surface area contributed by atoms with Gasteiger partial charge in [-0.1, -0.05) is 11.6 Å². The Labute approximate surface area is 232 Å². The Morgan fingerprint density at radius 1 is 1.15 bits per heavy atom. The molecule has 0 aliphatic carbocycles. The predicted octanol–water partition coefficient (Wildman–Crippen LogP) is 4.18. The number of allylic oxidation sites excluding steroid dienone is 1. The number of halogens is 3. The van der Waals surface area contributed by atoms with E-state index in [1.807, 2.05) is 12.9 Å². The maximum atomic E-state index is 14.0. The fourth-order valence-electron chi connectivity index (χ4n) is 4.57. The van der Waals surface area contributed by atoms with Crippen molar-refractivity contribution in [3.63, 3.8) is 0 Å². The van der Waals surface area contributed by atoms with E-state index in [9.17, 15) is 18.4 Å². The van der Waals surface area contributed by atoms with Gasteiger partial charge in [0, 0.05) is 36.8 Å². The Morgan fingerprint density at radius 3 is 2.70 bits per heavy atom. The molecular weight excluding hydrogens is 542 g/mol. The van der Waals surface area contributed by atoms with Crippen molar-refractivity contribution in [2.45, 2.75) is 39.2 Å². The molecule has 1 saturated heterocycles. The second-order valence-electron chi connectivity index (χ2n) is 9.58. The Hall–Kier alpha value is -4.47. The normalized spacial score (nSPS) is 16.5. The zero-order valence-electron chi connectivity index (χ0n) is 21.8. The molecule has 204 valence electrons. The van der Waals surface area contributed by atoms with Crippen molar-refractivity contribution >= 4 is 17.5 Å². The molecule has 40 heavy (non-hydrogen) atoms. The first-order chi connectivity index (χ1) is 19.1. The number of nitrogens with one attached hydrogen (secondary N) is 1. The highest BCUT2D eigenvalue weighted by Gasteiger charge is 2.39. The van der Waals surface area contributed by atoms with E-state index in [0.717, 1.165) is 6.20 Å². The lowest BCUT2D eigenvalue weighted by Crippen LogP contribution is -2.26. The molecule has 0 spiro atoms. The zero-order chi connectivity index (χ0) is 28.6. The van der Waals surface area contributed by atoms with E-state index in [1.165, 1.54) is 4.57 Å². The Kier molecular flexibility index (Phi) is 7.18. The fraction of sp³-hybridized carbons (Fsp3) is 0.250. The fourth-order valence-corrected chi connectivity index (χ4v) is 4.77. The quantitative estimate of drug-likeness (QED) is 0.347. The second-order valence-corrected chi connectivity index (χ2v) is 9.96. The number of nitrogens with zero attached hydrogens (tertiary/aromatic N) is 5. The molecule has 0 radical (unpaired) electrons. The van der Waals surface area contributed by atoms with Crippen LogP contribution in [0.1, 0.15) is 36.1 Å². The molecule has 5 rings (SSSR count). The van der Waals surface area contributed by atoms with Gasteiger partial charge in [0.1, 0.15) is 46.4 Å². The highest BCUT2D eigenvalue weighted by Crippen LogP contribution is 2.35. The van der Waals surface area contributed by atoms with Crippen molar-refractivity contribution < 1.29 is 18.3 Å². The summed E-state index contributed by atoms with van der Waals surface area (Å²) in [5.41, 5.74) is 1.72. The van der Waals surface area contributed by atoms with Gasteiger partial charge in [0.2, 0.25) is 0 Å². The van der Waals surface area contributed by atoms with Gasteiger partial charge in [-0.05, 0) is 44.9 Å². The molecule has 4 aromatic heterocycles. The molecule has 5 heterocycles. The van der Waals surface area contributed by atoms with Gasteiger partial charge in [0.25, 0.3) is 5.56 Å². The van der Waals surface area contributed by atoms with Crippen LogP contribution in [0.3, 0.4) is 0 Å². The molecule has 0 amide bonds. The molecule has 1 unspecified atom stereocenters. The maximum absolute atomic E-state index is 14.0. The lowest BCUT2D eigenvalue weighted by Gasteiger charge is -2.21. The maximum Gasteiger partial charge on any atom is 0.277 e. The van der Waals surface area contributed by atoms with E-state index in [4.69, 9.17) is 21.3 Å². The molecular formula is C28H23ClF2N6O3. The standard InChI is InChI=1S/C28H23ClF2N6O3/c1-15-11-34-20(19-4-6-33-27(36-19)28(3)5-7-32-24(28)13-38)10-22(15)37-16(2)8-23(25(29)26(37)39)40-14-21-18(31)9-17(30)12-35-21/h4,6,8-12,32H,5,7,14H2,1-3H3. The Balaban J connectivity index is 1.50. The molecule has 12 heteroatoms. The van der Waals surface area contributed by atoms with Gasteiger partial charge in [-0.25, -0.2) is 23.5 Å². The average molecular weight is 565 g/mol. The van der Waals surface area contributed by atoms with Crippen molar-refractivity contribution in [3.05, 3.63) is 98.3 Å². The topological polar surface area (TPSA) is 112 Å². The van der Waals surface area contributed by atoms with Gasteiger partial charge in [0.05, 0.1) is 28.7 Å². The van der Waals surface area contributed by atoms with Crippen LogP contribution in [-0.4, -0.2) is 37.0 Å². The van der Waals surface area contributed by atoms with Crippen molar-refractivity contribution in [3.8, 4) is 22.8 Å². The molecule has 1 aliphatic rings. The van der Waals surface area contributed by atoms with Crippen LogP contribution < -0.4 is 15.6 Å². The molecule has 1 N–H and O–H groups in total. The number of ether oxygens (including phenoxy) is 1. The van der Waals surface area contributed by atoms with E-state index in [1.54, 1.807) is 44.4 Å². The number of pyridine rings is 3. The van der Waals surface area contributed by atoms with E-state index in [0.29, 0.717) is 58.9 Å². The molecule has 1 aliphatic heterocycles. The zero-order valence-corrected chi connectivity index (χ0v) is 22.5. The Bertz CT molecular complexity index is 1750. The van der Waals surface area contributed by atoms with Crippen LogP contribution in [0.5, 0.6) is 5.75 Å². The van der Waals surface area contributed by atoms with Crippen molar-refractivity contribution in [2.24, 2.45) is 0 Å². The average Bonchev–Trinajstić information content (AvgIpc) is 3.33. The summed E-state index contributed by atoms with van der Waals surface area (Å²) in [4.78, 5) is 42.2. The van der Waals surface area contributed by atoms with Crippen LogP contribution in [0, 0.1) is 25.5 Å². The molecule has 4 aromatic rings. The molecule has 0 aromatic carbocycles. The third kappa shape index (κ3) is 4.85. The monoisotopic (exact) mass is 564 g/mol. The summed E-state index contributed by atoms with van der Waals surface area (Å²) < 4.78 is 34.1. The van der Waals surface area contributed by atoms with Gasteiger partial charge in [-0.15, -0.1) is 0 Å². The van der Waals surface area contributed by atoms with E-state index in [2.05, 4.69) is 20.3 Å². The summed E-state index contributed by atoms with van der Waals surface area (Å²) in [6.07, 6.45) is 4.73. The Morgan fingerprint density at radius 2 is 1.95 bits per heavy atom. The van der Waals surface area contributed by atoms with E-state index >= 15 is 0 Å². The summed E-state index contributed by atoms with van der Waals surface area (Å²) in [5.74, 6) is 0.776. The summed E-state index contributed by atoms with van der Waals surface area (Å²) in [7, 11) is 0. The van der Waals surface area contributed by atoms with Crippen molar-refractivity contribution in [1.29, 1.82) is 0 Å².